The minimum Gasteiger partial charge on any atom is -0.354 e. The third kappa shape index (κ3) is 7.81. The molecule has 3 aromatic carbocycles. The van der Waals surface area contributed by atoms with E-state index in [0.29, 0.717) is 34.1 Å². The maximum absolute atomic E-state index is 14.6. The van der Waals surface area contributed by atoms with Crippen molar-refractivity contribution in [1.29, 1.82) is 0 Å². The van der Waals surface area contributed by atoms with Gasteiger partial charge in [0.25, 0.3) is 0 Å². The molecule has 0 aromatic heterocycles. The minimum atomic E-state index is -0.826. The fraction of sp³-hybridized carbons (Fsp3) is 0.286. The van der Waals surface area contributed by atoms with Crippen LogP contribution in [-0.2, 0) is 29.0 Å². The summed E-state index contributed by atoms with van der Waals surface area (Å²) in [6.07, 6.45) is 2.01. The molecule has 184 valence electrons. The van der Waals surface area contributed by atoms with E-state index in [2.05, 4.69) is 5.32 Å². The van der Waals surface area contributed by atoms with Crippen LogP contribution in [0.1, 0.15) is 36.5 Å². The number of rotatable bonds is 11. The van der Waals surface area contributed by atoms with E-state index in [9.17, 15) is 14.0 Å². The lowest BCUT2D eigenvalue weighted by molar-refractivity contribution is -0.140. The minimum absolute atomic E-state index is 0.0437. The number of benzene rings is 3. The molecule has 0 aliphatic carbocycles. The van der Waals surface area contributed by atoms with Gasteiger partial charge in [0, 0.05) is 35.1 Å². The van der Waals surface area contributed by atoms with Crippen molar-refractivity contribution in [2.45, 2.75) is 45.2 Å². The van der Waals surface area contributed by atoms with Crippen LogP contribution < -0.4 is 5.32 Å². The molecular formula is C28H29Cl2FN2O2. The summed E-state index contributed by atoms with van der Waals surface area (Å²) in [4.78, 5) is 28.5. The lowest BCUT2D eigenvalue weighted by Gasteiger charge is -2.32. The summed E-state index contributed by atoms with van der Waals surface area (Å²) in [5, 5.41) is 3.78. The first-order valence-electron chi connectivity index (χ1n) is 11.7. The number of amides is 2. The molecule has 0 fully saturated rings. The average molecular weight is 515 g/mol. The number of hydrogen-bond donors (Lipinski definition) is 1. The molecule has 1 unspecified atom stereocenters. The van der Waals surface area contributed by atoms with Crippen LogP contribution in [0.3, 0.4) is 0 Å². The Balaban J connectivity index is 1.97. The van der Waals surface area contributed by atoms with Crippen LogP contribution in [0.2, 0.25) is 10.0 Å². The second-order valence-corrected chi connectivity index (χ2v) is 9.22. The first kappa shape index (κ1) is 26.7. The smallest absolute Gasteiger partial charge is 0.243 e. The van der Waals surface area contributed by atoms with Gasteiger partial charge in [0.2, 0.25) is 11.8 Å². The van der Waals surface area contributed by atoms with E-state index in [1.54, 1.807) is 36.4 Å². The Bertz CT molecular complexity index is 1140. The number of nitrogens with zero attached hydrogens (tertiary/aromatic N) is 1. The normalized spacial score (nSPS) is 11.7. The highest BCUT2D eigenvalue weighted by molar-refractivity contribution is 6.35. The molecule has 0 aliphatic rings. The summed E-state index contributed by atoms with van der Waals surface area (Å²) in [7, 11) is 0. The summed E-state index contributed by atoms with van der Waals surface area (Å²) in [6.45, 7) is 2.50. The monoisotopic (exact) mass is 514 g/mol. The van der Waals surface area contributed by atoms with Gasteiger partial charge in [-0.2, -0.15) is 0 Å². The standard InChI is InChI=1S/C28H29Cl2FN2O2/c1-2-3-15-32-28(35)26(16-20-9-5-4-6-10-20)33(19-22-11-7-8-12-25(22)31)27(34)17-21-13-14-23(29)18-24(21)30/h4-14,18,26H,2-3,15-17,19H2,1H3,(H,32,35). The van der Waals surface area contributed by atoms with Crippen LogP contribution >= 0.6 is 23.2 Å². The maximum Gasteiger partial charge on any atom is 0.243 e. The number of halogens is 3. The van der Waals surface area contributed by atoms with Gasteiger partial charge in [-0.3, -0.25) is 9.59 Å². The summed E-state index contributed by atoms with van der Waals surface area (Å²) < 4.78 is 14.6. The molecule has 3 rings (SSSR count). The quantitative estimate of drug-likeness (QED) is 0.308. The van der Waals surface area contributed by atoms with Crippen molar-refractivity contribution in [2.24, 2.45) is 0 Å². The molecule has 4 nitrogen and oxygen atoms in total. The SMILES string of the molecule is CCCCNC(=O)C(Cc1ccccc1)N(Cc1ccccc1F)C(=O)Cc1ccc(Cl)cc1Cl. The third-order valence-corrected chi connectivity index (χ3v) is 6.34. The van der Waals surface area contributed by atoms with Crippen molar-refractivity contribution >= 4 is 35.0 Å². The molecule has 1 N–H and O–H groups in total. The van der Waals surface area contributed by atoms with Crippen molar-refractivity contribution < 1.29 is 14.0 Å². The summed E-state index contributed by atoms with van der Waals surface area (Å²) in [5.41, 5.74) is 1.82. The molecule has 0 radical (unpaired) electrons. The fourth-order valence-corrected chi connectivity index (χ4v) is 4.28. The third-order valence-electron chi connectivity index (χ3n) is 5.76. The molecule has 0 aliphatic heterocycles. The van der Waals surface area contributed by atoms with Crippen LogP contribution in [0.5, 0.6) is 0 Å². The highest BCUT2D eigenvalue weighted by atomic mass is 35.5. The van der Waals surface area contributed by atoms with Crippen molar-refractivity contribution in [1.82, 2.24) is 10.2 Å². The van der Waals surface area contributed by atoms with Crippen molar-refractivity contribution in [2.75, 3.05) is 6.54 Å². The molecule has 0 spiro atoms. The second-order valence-electron chi connectivity index (χ2n) is 8.38. The van der Waals surface area contributed by atoms with Crippen molar-refractivity contribution in [3.05, 3.63) is 105 Å². The van der Waals surface area contributed by atoms with Gasteiger partial charge in [-0.1, -0.05) is 91.1 Å². The van der Waals surface area contributed by atoms with Gasteiger partial charge in [-0.05, 0) is 35.7 Å². The zero-order valence-electron chi connectivity index (χ0n) is 19.6. The first-order chi connectivity index (χ1) is 16.9. The Morgan fingerprint density at radius 2 is 1.69 bits per heavy atom. The molecule has 7 heteroatoms. The topological polar surface area (TPSA) is 49.4 Å². The number of unbranched alkanes of at least 4 members (excludes halogenated alkanes) is 1. The van der Waals surface area contributed by atoms with Crippen molar-refractivity contribution in [3.63, 3.8) is 0 Å². The predicted molar refractivity (Wildman–Crippen MR) is 139 cm³/mol. The second kappa shape index (κ2) is 13.3. The number of carbonyl (C=O) groups is 2. The average Bonchev–Trinajstić information content (AvgIpc) is 2.84. The van der Waals surface area contributed by atoms with Crippen LogP contribution in [0.4, 0.5) is 4.39 Å². The maximum atomic E-state index is 14.6. The van der Waals surface area contributed by atoms with Gasteiger partial charge >= 0.3 is 0 Å². The predicted octanol–water partition coefficient (Wildman–Crippen LogP) is 6.23. The number of hydrogen-bond acceptors (Lipinski definition) is 2. The molecule has 2 amide bonds. The lowest BCUT2D eigenvalue weighted by Crippen LogP contribution is -2.51. The van der Waals surface area contributed by atoms with E-state index in [1.165, 1.54) is 11.0 Å². The van der Waals surface area contributed by atoms with E-state index in [1.807, 2.05) is 37.3 Å². The van der Waals surface area contributed by atoms with Crippen LogP contribution in [0, 0.1) is 5.82 Å². The zero-order valence-corrected chi connectivity index (χ0v) is 21.2. The van der Waals surface area contributed by atoms with E-state index in [4.69, 9.17) is 23.2 Å². The fourth-order valence-electron chi connectivity index (χ4n) is 3.80. The van der Waals surface area contributed by atoms with E-state index in [0.717, 1.165) is 18.4 Å². The van der Waals surface area contributed by atoms with Gasteiger partial charge in [0.1, 0.15) is 11.9 Å². The lowest BCUT2D eigenvalue weighted by atomic mass is 10.0. The molecule has 35 heavy (non-hydrogen) atoms. The summed E-state index contributed by atoms with van der Waals surface area (Å²) in [5.74, 6) is -1.03. The van der Waals surface area contributed by atoms with Gasteiger partial charge in [0.15, 0.2) is 0 Å². The van der Waals surface area contributed by atoms with Gasteiger partial charge in [-0.15, -0.1) is 0 Å². The van der Waals surface area contributed by atoms with Crippen LogP contribution in [0.15, 0.2) is 72.8 Å². The van der Waals surface area contributed by atoms with Gasteiger partial charge in [-0.25, -0.2) is 4.39 Å². The molecule has 1 atom stereocenters. The van der Waals surface area contributed by atoms with E-state index < -0.39 is 11.9 Å². The molecule has 0 heterocycles. The number of carbonyl (C=O) groups excluding carboxylic acids is 2. The molecule has 0 saturated heterocycles. The van der Waals surface area contributed by atoms with Crippen LogP contribution in [0.25, 0.3) is 0 Å². The summed E-state index contributed by atoms with van der Waals surface area (Å²) >= 11 is 12.3. The van der Waals surface area contributed by atoms with E-state index in [-0.39, 0.29) is 24.8 Å². The summed E-state index contributed by atoms with van der Waals surface area (Å²) in [6, 6.07) is 19.9. The highest BCUT2D eigenvalue weighted by Gasteiger charge is 2.31. The largest absolute Gasteiger partial charge is 0.354 e. The first-order valence-corrected chi connectivity index (χ1v) is 12.4. The molecule has 0 saturated carbocycles. The Labute approximate surface area is 216 Å². The molecule has 3 aromatic rings. The van der Waals surface area contributed by atoms with E-state index >= 15 is 0 Å². The Morgan fingerprint density at radius 3 is 2.37 bits per heavy atom. The highest BCUT2D eigenvalue weighted by Crippen LogP contribution is 2.24. The van der Waals surface area contributed by atoms with Gasteiger partial charge < -0.3 is 10.2 Å². The Morgan fingerprint density at radius 1 is 0.971 bits per heavy atom. The number of nitrogens with one attached hydrogen (secondary N) is 1. The Hall–Kier alpha value is -2.89. The molecule has 0 bridgehead atoms. The molecular weight excluding hydrogens is 486 g/mol. The van der Waals surface area contributed by atoms with Crippen molar-refractivity contribution in [3.8, 4) is 0 Å². The Kier molecular flexibility index (Phi) is 10.1. The van der Waals surface area contributed by atoms with Gasteiger partial charge in [0.05, 0.1) is 6.42 Å². The zero-order chi connectivity index (χ0) is 25.2. The van der Waals surface area contributed by atoms with Crippen LogP contribution in [-0.4, -0.2) is 29.3 Å².